The molecule has 0 fully saturated rings. The van der Waals surface area contributed by atoms with Gasteiger partial charge in [0, 0.05) is 24.9 Å². The molecule has 0 spiro atoms. The van der Waals surface area contributed by atoms with Crippen molar-refractivity contribution in [2.75, 3.05) is 0 Å². The summed E-state index contributed by atoms with van der Waals surface area (Å²) in [4.78, 5) is 28.0. The lowest BCUT2D eigenvalue weighted by atomic mass is 9.88. The van der Waals surface area contributed by atoms with E-state index >= 15 is 0 Å². The van der Waals surface area contributed by atoms with Gasteiger partial charge in [-0.15, -0.1) is 0 Å². The Morgan fingerprint density at radius 1 is 1.17 bits per heavy atom. The molecule has 1 aromatic carbocycles. The number of alkyl halides is 1. The fraction of sp³-hybridized carbons (Fsp3) is 0.435. The zero-order valence-corrected chi connectivity index (χ0v) is 17.3. The number of amides is 2. The van der Waals surface area contributed by atoms with E-state index in [1.54, 1.807) is 18.5 Å². The summed E-state index contributed by atoms with van der Waals surface area (Å²) < 4.78 is 14.3. The number of nitrogens with one attached hydrogen (secondary N) is 1. The molecule has 162 valence electrons. The van der Waals surface area contributed by atoms with Crippen LogP contribution in [0.25, 0.3) is 0 Å². The summed E-state index contributed by atoms with van der Waals surface area (Å²) in [5, 5.41) is 13.3. The van der Waals surface area contributed by atoms with Gasteiger partial charge in [0.15, 0.2) is 5.67 Å². The maximum absolute atomic E-state index is 14.3. The first-order chi connectivity index (χ1) is 14.3. The number of aryl methyl sites for hydroxylation is 1. The lowest BCUT2D eigenvalue weighted by Crippen LogP contribution is -2.39. The van der Waals surface area contributed by atoms with Crippen molar-refractivity contribution < 1.29 is 19.1 Å². The molecule has 0 radical (unpaired) electrons. The van der Waals surface area contributed by atoms with Crippen LogP contribution >= 0.6 is 0 Å². The van der Waals surface area contributed by atoms with Gasteiger partial charge in [-0.1, -0.05) is 36.4 Å². The second kappa shape index (κ2) is 11.4. The van der Waals surface area contributed by atoms with E-state index in [0.29, 0.717) is 12.8 Å². The normalized spacial score (nSPS) is 15.0. The molecule has 0 aliphatic rings. The number of rotatable bonds is 12. The molecule has 0 aliphatic carbocycles. The Morgan fingerprint density at radius 3 is 2.50 bits per heavy atom. The number of aliphatic hydroxyl groups excluding tert-OH is 1. The largest absolute Gasteiger partial charge is 0.393 e. The van der Waals surface area contributed by atoms with Crippen LogP contribution < -0.4 is 11.1 Å². The molecule has 0 bridgehead atoms. The molecular weight excluding hydrogens is 385 g/mol. The Hall–Kier alpha value is -2.80. The Morgan fingerprint density at radius 2 is 1.87 bits per heavy atom. The zero-order chi connectivity index (χ0) is 22.0. The zero-order valence-electron chi connectivity index (χ0n) is 17.3. The second-order valence-electron chi connectivity index (χ2n) is 7.79. The highest BCUT2D eigenvalue weighted by atomic mass is 19.1. The average molecular weight is 416 g/mol. The van der Waals surface area contributed by atoms with E-state index in [1.165, 1.54) is 0 Å². The van der Waals surface area contributed by atoms with E-state index in [2.05, 4.69) is 10.3 Å². The Labute approximate surface area is 176 Å². The Kier molecular flexibility index (Phi) is 8.92. The average Bonchev–Trinajstić information content (AvgIpc) is 2.74. The first kappa shape index (κ1) is 23.5. The van der Waals surface area contributed by atoms with Gasteiger partial charge in [-0.2, -0.15) is 0 Å². The van der Waals surface area contributed by atoms with Crippen LogP contribution in [0.15, 0.2) is 54.9 Å². The van der Waals surface area contributed by atoms with Crippen LogP contribution in [0.5, 0.6) is 0 Å². The van der Waals surface area contributed by atoms with Crippen LogP contribution in [0.3, 0.4) is 0 Å². The summed E-state index contributed by atoms with van der Waals surface area (Å²) in [6.07, 6.45) is 3.83. The van der Waals surface area contributed by atoms with E-state index in [-0.39, 0.29) is 31.7 Å². The number of primary amides is 1. The van der Waals surface area contributed by atoms with Crippen molar-refractivity contribution in [2.45, 2.75) is 57.3 Å². The second-order valence-corrected chi connectivity index (χ2v) is 7.79. The summed E-state index contributed by atoms with van der Waals surface area (Å²) in [7, 11) is 0. The van der Waals surface area contributed by atoms with Gasteiger partial charge in [-0.25, -0.2) is 4.39 Å². The van der Waals surface area contributed by atoms with Crippen molar-refractivity contribution in [2.24, 2.45) is 11.7 Å². The molecule has 0 saturated carbocycles. The number of halogens is 1. The van der Waals surface area contributed by atoms with Crippen molar-refractivity contribution in [3.05, 3.63) is 66.0 Å². The van der Waals surface area contributed by atoms with E-state index in [4.69, 9.17) is 5.73 Å². The van der Waals surface area contributed by atoms with Gasteiger partial charge >= 0.3 is 0 Å². The molecular formula is C23H30FN3O3. The maximum Gasteiger partial charge on any atom is 0.254 e. The van der Waals surface area contributed by atoms with E-state index in [9.17, 15) is 19.1 Å². The molecule has 2 rings (SSSR count). The van der Waals surface area contributed by atoms with Crippen LogP contribution in [0, 0.1) is 5.92 Å². The molecule has 2 aromatic rings. The lowest BCUT2D eigenvalue weighted by Gasteiger charge is -2.23. The molecule has 7 heteroatoms. The number of benzene rings is 1. The smallest absolute Gasteiger partial charge is 0.254 e. The maximum atomic E-state index is 14.3. The van der Waals surface area contributed by atoms with Gasteiger partial charge in [0.25, 0.3) is 5.91 Å². The van der Waals surface area contributed by atoms with Gasteiger partial charge in [0.2, 0.25) is 5.91 Å². The van der Waals surface area contributed by atoms with Crippen LogP contribution in [-0.4, -0.2) is 33.7 Å². The Bertz CT molecular complexity index is 800. The molecule has 0 saturated heterocycles. The first-order valence-corrected chi connectivity index (χ1v) is 10.2. The van der Waals surface area contributed by atoms with Crippen molar-refractivity contribution in [1.82, 2.24) is 10.3 Å². The third-order valence-electron chi connectivity index (χ3n) is 5.20. The number of nitrogens with zero attached hydrogens (tertiary/aromatic N) is 1. The predicted molar refractivity (Wildman–Crippen MR) is 113 cm³/mol. The SMILES string of the molecule is CC(F)(CC[C@H](C[C@@H](O)CCc1ccccc1)C(=O)NCc1cccnc1)C(N)=O. The topological polar surface area (TPSA) is 105 Å². The summed E-state index contributed by atoms with van der Waals surface area (Å²) in [6, 6.07) is 13.4. The van der Waals surface area contributed by atoms with Crippen molar-refractivity contribution in [1.29, 1.82) is 0 Å². The van der Waals surface area contributed by atoms with E-state index in [1.807, 2.05) is 36.4 Å². The van der Waals surface area contributed by atoms with Gasteiger partial charge in [-0.05, 0) is 56.2 Å². The number of hydrogen-bond acceptors (Lipinski definition) is 4. The minimum absolute atomic E-state index is 0.108. The highest BCUT2D eigenvalue weighted by Gasteiger charge is 2.33. The van der Waals surface area contributed by atoms with Crippen LogP contribution in [-0.2, 0) is 22.6 Å². The number of carbonyl (C=O) groups excluding carboxylic acids is 2. The van der Waals surface area contributed by atoms with Crippen molar-refractivity contribution in [3.63, 3.8) is 0 Å². The lowest BCUT2D eigenvalue weighted by molar-refractivity contribution is -0.131. The quantitative estimate of drug-likeness (QED) is 0.496. The summed E-state index contributed by atoms with van der Waals surface area (Å²) in [5.41, 5.74) is 4.84. The number of aromatic nitrogens is 1. The fourth-order valence-electron chi connectivity index (χ4n) is 3.18. The van der Waals surface area contributed by atoms with Crippen molar-refractivity contribution in [3.8, 4) is 0 Å². The Balaban J connectivity index is 1.96. The number of pyridine rings is 1. The number of hydrogen-bond donors (Lipinski definition) is 3. The van der Waals surface area contributed by atoms with E-state index < -0.39 is 23.6 Å². The monoisotopic (exact) mass is 415 g/mol. The van der Waals surface area contributed by atoms with Crippen LogP contribution in [0.4, 0.5) is 4.39 Å². The van der Waals surface area contributed by atoms with Gasteiger partial charge < -0.3 is 16.2 Å². The molecule has 6 nitrogen and oxygen atoms in total. The number of aliphatic hydroxyl groups is 1. The third kappa shape index (κ3) is 7.91. The number of nitrogens with two attached hydrogens (primary N) is 1. The van der Waals surface area contributed by atoms with Gasteiger partial charge in [0.05, 0.1) is 6.10 Å². The molecule has 3 atom stereocenters. The van der Waals surface area contributed by atoms with Crippen LogP contribution in [0.2, 0.25) is 0 Å². The molecule has 0 aliphatic heterocycles. The third-order valence-corrected chi connectivity index (χ3v) is 5.20. The molecule has 4 N–H and O–H groups in total. The fourth-order valence-corrected chi connectivity index (χ4v) is 3.18. The standard InChI is InChI=1S/C23H30FN3O3/c1-23(24,22(25)30)12-11-19(21(29)27-16-18-8-5-13-26-15-18)14-20(28)10-9-17-6-3-2-4-7-17/h2-8,13,15,19-20,28H,9-12,14,16H2,1H3,(H2,25,30)(H,27,29)/t19-,20+,23?/m1/s1. The molecule has 30 heavy (non-hydrogen) atoms. The van der Waals surface area contributed by atoms with Crippen LogP contribution in [0.1, 0.15) is 43.7 Å². The minimum atomic E-state index is -2.20. The van der Waals surface area contributed by atoms with Crippen molar-refractivity contribution >= 4 is 11.8 Å². The van der Waals surface area contributed by atoms with Gasteiger partial charge in [-0.3, -0.25) is 14.6 Å². The first-order valence-electron chi connectivity index (χ1n) is 10.2. The summed E-state index contributed by atoms with van der Waals surface area (Å²) in [5.74, 6) is -1.98. The highest BCUT2D eigenvalue weighted by molar-refractivity contribution is 5.83. The summed E-state index contributed by atoms with van der Waals surface area (Å²) in [6.45, 7) is 1.40. The molecule has 2 amide bonds. The highest BCUT2D eigenvalue weighted by Crippen LogP contribution is 2.24. The molecule has 1 heterocycles. The van der Waals surface area contributed by atoms with Gasteiger partial charge in [0.1, 0.15) is 0 Å². The minimum Gasteiger partial charge on any atom is -0.393 e. The molecule has 1 unspecified atom stereocenters. The molecule has 1 aromatic heterocycles. The predicted octanol–water partition coefficient (Wildman–Crippen LogP) is 2.69. The summed E-state index contributed by atoms with van der Waals surface area (Å²) >= 11 is 0. The number of carbonyl (C=O) groups is 2. The van der Waals surface area contributed by atoms with E-state index in [0.717, 1.165) is 18.1 Å².